The highest BCUT2D eigenvalue weighted by Crippen LogP contribution is 2.44. The Bertz CT molecular complexity index is 1390. The maximum Gasteiger partial charge on any atom is 0.300 e. The van der Waals surface area contributed by atoms with E-state index < -0.39 is 17.7 Å². The quantitative estimate of drug-likeness (QED) is 0.311. The molecule has 9 heteroatoms. The van der Waals surface area contributed by atoms with E-state index in [1.807, 2.05) is 59.8 Å². The number of fused-ring (bicyclic) bond motifs is 1. The molecule has 1 amide bonds. The zero-order valence-corrected chi connectivity index (χ0v) is 22.3. The second-order valence-electron chi connectivity index (χ2n) is 9.94. The summed E-state index contributed by atoms with van der Waals surface area (Å²) in [5.41, 5.74) is 3.13. The third kappa shape index (κ3) is 4.21. The van der Waals surface area contributed by atoms with E-state index in [-0.39, 0.29) is 11.3 Å². The van der Waals surface area contributed by atoms with E-state index in [0.29, 0.717) is 17.9 Å². The molecule has 1 aromatic heterocycles. The molecule has 0 bridgehead atoms. The van der Waals surface area contributed by atoms with Crippen LogP contribution in [0.4, 0.5) is 17.1 Å². The normalized spacial score (nSPS) is 21.5. The number of thiophene rings is 1. The molecule has 0 aliphatic carbocycles. The van der Waals surface area contributed by atoms with E-state index in [9.17, 15) is 14.7 Å². The molecule has 3 aromatic rings. The number of benzene rings is 2. The zero-order chi connectivity index (χ0) is 26.4. The molecule has 6 rings (SSSR count). The second-order valence-corrected chi connectivity index (χ2v) is 10.9. The predicted octanol–water partition coefficient (Wildman–Crippen LogP) is 3.95. The molecule has 0 saturated carbocycles. The maximum absolute atomic E-state index is 13.5. The number of amides is 1. The summed E-state index contributed by atoms with van der Waals surface area (Å²) in [7, 11) is 4.08. The van der Waals surface area contributed by atoms with Crippen molar-refractivity contribution in [1.29, 1.82) is 0 Å². The van der Waals surface area contributed by atoms with Gasteiger partial charge < -0.3 is 24.5 Å². The number of carbonyl (C=O) groups is 2. The van der Waals surface area contributed by atoms with Crippen molar-refractivity contribution in [2.45, 2.75) is 6.04 Å². The first-order chi connectivity index (χ1) is 18.4. The number of carbonyl (C=O) groups excluding carboxylic acids is 2. The van der Waals surface area contributed by atoms with Gasteiger partial charge in [-0.25, -0.2) is 0 Å². The second kappa shape index (κ2) is 9.81. The van der Waals surface area contributed by atoms with Gasteiger partial charge in [-0.1, -0.05) is 6.07 Å². The molecular weight excluding hydrogens is 500 g/mol. The van der Waals surface area contributed by atoms with Crippen molar-refractivity contribution >= 4 is 45.8 Å². The van der Waals surface area contributed by atoms with Crippen LogP contribution in [0.25, 0.3) is 5.76 Å². The van der Waals surface area contributed by atoms with Gasteiger partial charge in [-0.3, -0.25) is 14.5 Å². The van der Waals surface area contributed by atoms with Gasteiger partial charge in [0.15, 0.2) is 0 Å². The molecule has 0 spiro atoms. The Morgan fingerprint density at radius 3 is 2.39 bits per heavy atom. The van der Waals surface area contributed by atoms with E-state index in [4.69, 9.17) is 4.74 Å². The molecule has 3 aliphatic rings. The summed E-state index contributed by atoms with van der Waals surface area (Å²) in [5.74, 6) is -0.784. The zero-order valence-electron chi connectivity index (χ0n) is 21.5. The number of ether oxygens (including phenoxy) is 1. The van der Waals surface area contributed by atoms with Crippen molar-refractivity contribution in [3.05, 3.63) is 76.0 Å². The van der Waals surface area contributed by atoms with Crippen LogP contribution in [-0.4, -0.2) is 75.1 Å². The molecule has 4 heterocycles. The van der Waals surface area contributed by atoms with Crippen molar-refractivity contribution in [3.8, 4) is 5.75 Å². The van der Waals surface area contributed by atoms with Crippen LogP contribution in [0, 0.1) is 0 Å². The Balaban J connectivity index is 1.39. The molecular formula is C29H30N4O4S. The van der Waals surface area contributed by atoms with Crippen LogP contribution in [0.5, 0.6) is 5.75 Å². The van der Waals surface area contributed by atoms with Gasteiger partial charge in [0, 0.05) is 55.0 Å². The average molecular weight is 531 g/mol. The highest BCUT2D eigenvalue weighted by molar-refractivity contribution is 7.10. The van der Waals surface area contributed by atoms with Crippen molar-refractivity contribution in [3.63, 3.8) is 0 Å². The number of nitrogens with zero attached hydrogens (tertiary/aromatic N) is 4. The Morgan fingerprint density at radius 2 is 1.68 bits per heavy atom. The largest absolute Gasteiger partial charge is 0.507 e. The molecule has 2 aromatic carbocycles. The monoisotopic (exact) mass is 530 g/mol. The molecule has 0 radical (unpaired) electrons. The summed E-state index contributed by atoms with van der Waals surface area (Å²) in [5, 5.41) is 13.4. The Kier molecular flexibility index (Phi) is 6.33. The van der Waals surface area contributed by atoms with Crippen molar-refractivity contribution in [2.24, 2.45) is 0 Å². The smallest absolute Gasteiger partial charge is 0.300 e. The van der Waals surface area contributed by atoms with E-state index in [2.05, 4.69) is 16.8 Å². The van der Waals surface area contributed by atoms with Crippen LogP contribution in [0.15, 0.2) is 65.6 Å². The highest BCUT2D eigenvalue weighted by atomic mass is 32.1. The van der Waals surface area contributed by atoms with Gasteiger partial charge in [0.2, 0.25) is 0 Å². The average Bonchev–Trinajstić information content (AvgIpc) is 3.56. The summed E-state index contributed by atoms with van der Waals surface area (Å²) in [4.78, 5) is 35.9. The van der Waals surface area contributed by atoms with Crippen molar-refractivity contribution in [1.82, 2.24) is 4.90 Å². The number of aliphatic hydroxyl groups is 1. The van der Waals surface area contributed by atoms with Gasteiger partial charge in [0.25, 0.3) is 11.7 Å². The minimum absolute atomic E-state index is 0.0972. The molecule has 1 unspecified atom stereocenters. The summed E-state index contributed by atoms with van der Waals surface area (Å²) >= 11 is 1.46. The van der Waals surface area contributed by atoms with E-state index in [0.717, 1.165) is 54.7 Å². The van der Waals surface area contributed by atoms with Gasteiger partial charge in [-0.2, -0.15) is 0 Å². The van der Waals surface area contributed by atoms with E-state index in [1.54, 1.807) is 12.1 Å². The lowest BCUT2D eigenvalue weighted by molar-refractivity contribution is -0.132. The van der Waals surface area contributed by atoms with Gasteiger partial charge >= 0.3 is 0 Å². The first-order valence-electron chi connectivity index (χ1n) is 12.8. The number of hydrogen-bond acceptors (Lipinski definition) is 8. The number of anilines is 3. The summed E-state index contributed by atoms with van der Waals surface area (Å²) in [6, 6.07) is 16.2. The molecule has 2 saturated heterocycles. The molecule has 38 heavy (non-hydrogen) atoms. The van der Waals surface area contributed by atoms with Crippen LogP contribution >= 0.6 is 11.3 Å². The number of likely N-dealkylation sites (N-methyl/N-ethyl adjacent to an activating group) is 2. The summed E-state index contributed by atoms with van der Waals surface area (Å²) in [6.45, 7) is 5.19. The van der Waals surface area contributed by atoms with E-state index in [1.165, 1.54) is 16.2 Å². The minimum atomic E-state index is -0.713. The lowest BCUT2D eigenvalue weighted by atomic mass is 9.99. The lowest BCUT2D eigenvalue weighted by Crippen LogP contribution is -2.44. The van der Waals surface area contributed by atoms with Crippen LogP contribution < -0.4 is 19.4 Å². The number of hydrogen-bond donors (Lipinski definition) is 1. The van der Waals surface area contributed by atoms with Crippen molar-refractivity contribution < 1.29 is 19.4 Å². The van der Waals surface area contributed by atoms with Crippen LogP contribution in [0.2, 0.25) is 0 Å². The summed E-state index contributed by atoms with van der Waals surface area (Å²) < 4.78 is 5.73. The highest BCUT2D eigenvalue weighted by Gasteiger charge is 2.47. The van der Waals surface area contributed by atoms with Crippen LogP contribution in [0.1, 0.15) is 16.5 Å². The van der Waals surface area contributed by atoms with Gasteiger partial charge in [-0.15, -0.1) is 11.3 Å². The third-order valence-electron chi connectivity index (χ3n) is 7.58. The topological polar surface area (TPSA) is 76.6 Å². The number of rotatable bonds is 4. The molecule has 1 N–H and O–H groups in total. The Morgan fingerprint density at radius 1 is 0.947 bits per heavy atom. The van der Waals surface area contributed by atoms with Gasteiger partial charge in [-0.05, 0) is 61.0 Å². The van der Waals surface area contributed by atoms with Crippen molar-refractivity contribution in [2.75, 3.05) is 68.1 Å². The number of ketones is 1. The Hall–Kier alpha value is -3.82. The molecule has 3 aliphatic heterocycles. The minimum Gasteiger partial charge on any atom is -0.507 e. The number of aliphatic hydroxyl groups excluding tert-OH is 1. The standard InChI is InChI=1S/C29H30N4O4S/c1-30-11-13-32(14-12-30)20-6-8-21(9-7-20)33-26(24-4-3-17-38-24)25(28(35)29(33)36)27(34)19-5-10-23-22(18-19)31(2)15-16-37-23/h3-10,17-18,26,34H,11-16H2,1-2H3/b27-25-. The molecule has 2 fully saturated rings. The SMILES string of the molecule is CN1CCN(c2ccc(N3C(=O)C(=O)/C(=C(\O)c4ccc5c(c4)N(C)CCO5)C3c3cccs3)cc2)CC1. The fourth-order valence-electron chi connectivity index (χ4n) is 5.36. The number of piperazine rings is 1. The fourth-order valence-corrected chi connectivity index (χ4v) is 6.18. The Labute approximate surface area is 225 Å². The van der Waals surface area contributed by atoms with E-state index >= 15 is 0 Å². The maximum atomic E-state index is 13.5. The van der Waals surface area contributed by atoms with Gasteiger partial charge in [0.05, 0.1) is 17.8 Å². The molecule has 1 atom stereocenters. The lowest BCUT2D eigenvalue weighted by Gasteiger charge is -2.34. The fraction of sp³-hybridized carbons (Fsp3) is 0.310. The molecule has 8 nitrogen and oxygen atoms in total. The predicted molar refractivity (Wildman–Crippen MR) is 150 cm³/mol. The van der Waals surface area contributed by atoms with Crippen LogP contribution in [0.3, 0.4) is 0 Å². The molecule has 196 valence electrons. The number of Topliss-reactive ketones (excluding diaryl/α,β-unsaturated/α-hetero) is 1. The van der Waals surface area contributed by atoms with Gasteiger partial charge in [0.1, 0.15) is 24.2 Å². The third-order valence-corrected chi connectivity index (χ3v) is 8.51. The first-order valence-corrected chi connectivity index (χ1v) is 13.7. The first kappa shape index (κ1) is 24.5. The van der Waals surface area contributed by atoms with Crippen LogP contribution in [-0.2, 0) is 9.59 Å². The summed E-state index contributed by atoms with van der Waals surface area (Å²) in [6.07, 6.45) is 0.